The smallest absolute Gasteiger partial charge is 0.244 e. The minimum Gasteiger partial charge on any atom is -0.354 e. The summed E-state index contributed by atoms with van der Waals surface area (Å²) in [5.41, 5.74) is 0.690. The van der Waals surface area contributed by atoms with Gasteiger partial charge in [-0.3, -0.25) is 13.9 Å². The Morgan fingerprint density at radius 2 is 1.67 bits per heavy atom. The zero-order chi connectivity index (χ0) is 24.8. The molecule has 0 radical (unpaired) electrons. The summed E-state index contributed by atoms with van der Waals surface area (Å²) in [4.78, 5) is 27.4. The number of halogens is 3. The highest BCUT2D eigenvalue weighted by Gasteiger charge is 2.30. The Hall–Kier alpha value is -2.00. The van der Waals surface area contributed by atoms with Crippen LogP contribution in [-0.4, -0.2) is 50.5 Å². The molecule has 1 atom stereocenters. The van der Waals surface area contributed by atoms with E-state index < -0.39 is 28.5 Å². The molecule has 1 unspecified atom stereocenters. The van der Waals surface area contributed by atoms with Gasteiger partial charge >= 0.3 is 0 Å². The number of sulfonamides is 1. The fraction of sp³-hybridized carbons (Fsp3) is 0.364. The van der Waals surface area contributed by atoms with Crippen molar-refractivity contribution < 1.29 is 18.0 Å². The molecule has 0 heterocycles. The lowest BCUT2D eigenvalue weighted by Crippen LogP contribution is -2.51. The van der Waals surface area contributed by atoms with E-state index in [0.717, 1.165) is 17.0 Å². The monoisotopic (exact) mass is 533 g/mol. The largest absolute Gasteiger partial charge is 0.354 e. The number of hydrogen-bond donors (Lipinski definition) is 1. The number of rotatable bonds is 10. The van der Waals surface area contributed by atoms with Gasteiger partial charge < -0.3 is 10.2 Å². The van der Waals surface area contributed by atoms with Crippen molar-refractivity contribution in [3.63, 3.8) is 0 Å². The number of nitrogens with zero attached hydrogens (tertiary/aromatic N) is 2. The molecule has 2 aromatic carbocycles. The minimum absolute atomic E-state index is 0.0782. The molecule has 0 aliphatic heterocycles. The van der Waals surface area contributed by atoms with Gasteiger partial charge in [0.05, 0.1) is 11.9 Å². The van der Waals surface area contributed by atoms with E-state index in [9.17, 15) is 18.0 Å². The van der Waals surface area contributed by atoms with E-state index in [1.165, 1.54) is 17.0 Å². The Morgan fingerprint density at radius 3 is 2.21 bits per heavy atom. The van der Waals surface area contributed by atoms with Crippen LogP contribution in [0.5, 0.6) is 0 Å². The molecule has 0 fully saturated rings. The van der Waals surface area contributed by atoms with Crippen molar-refractivity contribution in [1.82, 2.24) is 10.2 Å². The number of anilines is 1. The molecule has 2 aromatic rings. The SMILES string of the molecule is CCCNC(=O)C(C)N(Cc1c(Cl)cccc1Cl)C(=O)CN(c1cccc(Cl)c1)S(C)(=O)=O. The lowest BCUT2D eigenvalue weighted by molar-refractivity contribution is -0.139. The molecule has 0 aliphatic rings. The molecule has 2 amide bonds. The second kappa shape index (κ2) is 11.9. The van der Waals surface area contributed by atoms with Gasteiger partial charge in [0.1, 0.15) is 12.6 Å². The van der Waals surface area contributed by atoms with Crippen molar-refractivity contribution in [1.29, 1.82) is 0 Å². The molecular weight excluding hydrogens is 509 g/mol. The predicted octanol–water partition coefficient (Wildman–Crippen LogP) is 4.36. The quantitative estimate of drug-likeness (QED) is 0.491. The first-order chi connectivity index (χ1) is 15.5. The first-order valence-electron chi connectivity index (χ1n) is 10.2. The van der Waals surface area contributed by atoms with Gasteiger partial charge in [-0.2, -0.15) is 0 Å². The van der Waals surface area contributed by atoms with Crippen molar-refractivity contribution >= 4 is 62.3 Å². The Balaban J connectivity index is 2.43. The molecule has 7 nitrogen and oxygen atoms in total. The predicted molar refractivity (Wildman–Crippen MR) is 133 cm³/mol. The maximum absolute atomic E-state index is 13.4. The Kier molecular flexibility index (Phi) is 9.84. The summed E-state index contributed by atoms with van der Waals surface area (Å²) < 4.78 is 26.0. The third-order valence-corrected chi connectivity index (χ3v) is 6.97. The van der Waals surface area contributed by atoms with E-state index in [1.54, 1.807) is 37.3 Å². The van der Waals surface area contributed by atoms with Crippen LogP contribution in [0.4, 0.5) is 5.69 Å². The van der Waals surface area contributed by atoms with Crippen molar-refractivity contribution in [3.05, 3.63) is 63.1 Å². The lowest BCUT2D eigenvalue weighted by Gasteiger charge is -2.32. The highest BCUT2D eigenvalue weighted by molar-refractivity contribution is 7.92. The van der Waals surface area contributed by atoms with E-state index in [0.29, 0.717) is 27.2 Å². The Morgan fingerprint density at radius 1 is 1.06 bits per heavy atom. The first kappa shape index (κ1) is 27.2. The number of hydrogen-bond acceptors (Lipinski definition) is 4. The standard InChI is InChI=1S/C22H26Cl3N3O4S/c1-4-11-26-22(30)15(2)27(13-18-19(24)9-6-10-20(18)25)21(29)14-28(33(3,31)32)17-8-5-7-16(23)12-17/h5-10,12,15H,4,11,13-14H2,1-3H3,(H,26,30). The van der Waals surface area contributed by atoms with Crippen LogP contribution in [-0.2, 0) is 26.2 Å². The van der Waals surface area contributed by atoms with E-state index in [1.807, 2.05) is 6.92 Å². The Bertz CT molecular complexity index is 1090. The van der Waals surface area contributed by atoms with Crippen LogP contribution < -0.4 is 9.62 Å². The second-order valence-electron chi connectivity index (χ2n) is 7.44. The topological polar surface area (TPSA) is 86.8 Å². The third kappa shape index (κ3) is 7.50. The van der Waals surface area contributed by atoms with Crippen molar-refractivity contribution in [3.8, 4) is 0 Å². The molecule has 0 saturated heterocycles. The Labute approximate surface area is 209 Å². The maximum Gasteiger partial charge on any atom is 0.244 e. The molecule has 0 aromatic heterocycles. The summed E-state index contributed by atoms with van der Waals surface area (Å²) in [6.07, 6.45) is 1.72. The van der Waals surface area contributed by atoms with E-state index in [-0.39, 0.29) is 18.1 Å². The van der Waals surface area contributed by atoms with Crippen LogP contribution in [0.25, 0.3) is 0 Å². The minimum atomic E-state index is -3.84. The van der Waals surface area contributed by atoms with E-state index in [2.05, 4.69) is 5.32 Å². The molecular formula is C22H26Cl3N3O4S. The van der Waals surface area contributed by atoms with Gasteiger partial charge in [-0.1, -0.05) is 53.9 Å². The molecule has 11 heteroatoms. The van der Waals surface area contributed by atoms with Crippen LogP contribution in [0.1, 0.15) is 25.8 Å². The van der Waals surface area contributed by atoms with Crippen LogP contribution in [0.2, 0.25) is 15.1 Å². The molecule has 0 saturated carbocycles. The maximum atomic E-state index is 13.4. The van der Waals surface area contributed by atoms with Crippen LogP contribution in [0, 0.1) is 0 Å². The normalized spacial score (nSPS) is 12.2. The summed E-state index contributed by atoms with van der Waals surface area (Å²) in [7, 11) is -3.84. The first-order valence-corrected chi connectivity index (χ1v) is 13.2. The van der Waals surface area contributed by atoms with Gasteiger partial charge in [-0.15, -0.1) is 0 Å². The molecule has 33 heavy (non-hydrogen) atoms. The lowest BCUT2D eigenvalue weighted by atomic mass is 10.1. The third-order valence-electron chi connectivity index (χ3n) is 4.88. The van der Waals surface area contributed by atoms with Gasteiger partial charge in [0, 0.05) is 33.7 Å². The molecule has 2 rings (SSSR count). The summed E-state index contributed by atoms with van der Waals surface area (Å²) in [5, 5.41) is 3.74. The zero-order valence-electron chi connectivity index (χ0n) is 18.5. The van der Waals surface area contributed by atoms with Gasteiger partial charge in [0.2, 0.25) is 21.8 Å². The molecule has 1 N–H and O–H groups in total. The van der Waals surface area contributed by atoms with E-state index >= 15 is 0 Å². The van der Waals surface area contributed by atoms with Gasteiger partial charge in [-0.25, -0.2) is 8.42 Å². The number of carbonyl (C=O) groups excluding carboxylic acids is 2. The van der Waals surface area contributed by atoms with Crippen molar-refractivity contribution in [2.45, 2.75) is 32.9 Å². The van der Waals surface area contributed by atoms with Crippen LogP contribution in [0.15, 0.2) is 42.5 Å². The average molecular weight is 535 g/mol. The summed E-state index contributed by atoms with van der Waals surface area (Å²) in [5.74, 6) is -0.974. The van der Waals surface area contributed by atoms with Crippen molar-refractivity contribution in [2.75, 3.05) is 23.7 Å². The van der Waals surface area contributed by atoms with Gasteiger partial charge in [-0.05, 0) is 43.7 Å². The molecule has 0 aliphatic carbocycles. The molecule has 0 bridgehead atoms. The number of amides is 2. The van der Waals surface area contributed by atoms with Crippen LogP contribution in [0.3, 0.4) is 0 Å². The van der Waals surface area contributed by atoms with Crippen LogP contribution >= 0.6 is 34.8 Å². The number of carbonyl (C=O) groups is 2. The van der Waals surface area contributed by atoms with Gasteiger partial charge in [0.15, 0.2) is 0 Å². The number of benzene rings is 2. The molecule has 0 spiro atoms. The highest BCUT2D eigenvalue weighted by atomic mass is 35.5. The number of nitrogens with one attached hydrogen (secondary N) is 1. The molecule has 180 valence electrons. The summed E-state index contributed by atoms with van der Waals surface area (Å²) in [6.45, 7) is 3.30. The average Bonchev–Trinajstić information content (AvgIpc) is 2.74. The van der Waals surface area contributed by atoms with E-state index in [4.69, 9.17) is 34.8 Å². The summed E-state index contributed by atoms with van der Waals surface area (Å²) in [6, 6.07) is 10.2. The second-order valence-corrected chi connectivity index (χ2v) is 10.6. The summed E-state index contributed by atoms with van der Waals surface area (Å²) >= 11 is 18.6. The highest BCUT2D eigenvalue weighted by Crippen LogP contribution is 2.27. The van der Waals surface area contributed by atoms with Crippen molar-refractivity contribution in [2.24, 2.45) is 0 Å². The zero-order valence-corrected chi connectivity index (χ0v) is 21.6. The fourth-order valence-corrected chi connectivity index (χ4v) is 4.62. The van der Waals surface area contributed by atoms with Gasteiger partial charge in [0.25, 0.3) is 0 Å². The fourth-order valence-electron chi connectivity index (χ4n) is 3.08.